The van der Waals surface area contributed by atoms with E-state index in [0.29, 0.717) is 11.3 Å². The van der Waals surface area contributed by atoms with Crippen LogP contribution in [0, 0.1) is 5.82 Å². The van der Waals surface area contributed by atoms with Crippen LogP contribution < -0.4 is 5.32 Å². The second kappa shape index (κ2) is 5.87. The van der Waals surface area contributed by atoms with Gasteiger partial charge >= 0.3 is 0 Å². The summed E-state index contributed by atoms with van der Waals surface area (Å²) in [5, 5.41) is 4.05. The third kappa shape index (κ3) is 2.66. The Morgan fingerprint density at radius 3 is 2.82 bits per heavy atom. The number of thioether (sulfide) groups is 1. The van der Waals surface area contributed by atoms with Gasteiger partial charge in [0.1, 0.15) is 5.82 Å². The highest BCUT2D eigenvalue weighted by Gasteiger charge is 2.33. The highest BCUT2D eigenvalue weighted by molar-refractivity contribution is 8.00. The first-order valence-corrected chi connectivity index (χ1v) is 7.34. The van der Waals surface area contributed by atoms with Crippen LogP contribution >= 0.6 is 11.8 Å². The summed E-state index contributed by atoms with van der Waals surface area (Å²) in [7, 11) is 0. The Labute approximate surface area is 107 Å². The highest BCUT2D eigenvalue weighted by atomic mass is 32.2. The molecule has 1 nitrogen and oxygen atoms in total. The summed E-state index contributed by atoms with van der Waals surface area (Å²) >= 11 is 1.71. The predicted octanol–water partition coefficient (Wildman–Crippen LogP) is 4.14. The first-order chi connectivity index (χ1) is 8.27. The van der Waals surface area contributed by atoms with E-state index in [9.17, 15) is 4.39 Å². The van der Waals surface area contributed by atoms with Crippen LogP contribution in [0.5, 0.6) is 0 Å². The number of benzene rings is 1. The van der Waals surface area contributed by atoms with Gasteiger partial charge in [0.2, 0.25) is 0 Å². The van der Waals surface area contributed by atoms with Crippen LogP contribution in [0.25, 0.3) is 0 Å². The molecule has 0 radical (unpaired) electrons. The van der Waals surface area contributed by atoms with E-state index in [-0.39, 0.29) is 5.82 Å². The molecule has 1 aliphatic heterocycles. The van der Waals surface area contributed by atoms with Crippen molar-refractivity contribution in [2.45, 2.75) is 49.3 Å². The van der Waals surface area contributed by atoms with Gasteiger partial charge in [-0.2, -0.15) is 0 Å². The zero-order valence-corrected chi connectivity index (χ0v) is 11.3. The summed E-state index contributed by atoms with van der Waals surface area (Å²) in [6.45, 7) is 5.36. The molecule has 1 aliphatic rings. The van der Waals surface area contributed by atoms with Gasteiger partial charge in [-0.15, -0.1) is 11.8 Å². The molecule has 1 N–H and O–H groups in total. The topological polar surface area (TPSA) is 12.0 Å². The Morgan fingerprint density at radius 1 is 1.29 bits per heavy atom. The molecular formula is C14H20FNS. The van der Waals surface area contributed by atoms with E-state index in [4.69, 9.17) is 0 Å². The summed E-state index contributed by atoms with van der Waals surface area (Å²) in [4.78, 5) is 0.861. The lowest BCUT2D eigenvalue weighted by Gasteiger charge is -2.20. The van der Waals surface area contributed by atoms with E-state index < -0.39 is 0 Å². The Bertz CT molecular complexity index is 380. The Morgan fingerprint density at radius 2 is 2.12 bits per heavy atom. The predicted molar refractivity (Wildman–Crippen MR) is 72.0 cm³/mol. The fraction of sp³-hybridized carbons (Fsp3) is 0.571. The molecule has 0 saturated heterocycles. The maximum Gasteiger partial charge on any atom is 0.137 e. The van der Waals surface area contributed by atoms with Gasteiger partial charge in [-0.25, -0.2) is 4.39 Å². The van der Waals surface area contributed by atoms with Crippen LogP contribution in [-0.4, -0.2) is 11.8 Å². The second-order valence-corrected chi connectivity index (χ2v) is 5.78. The van der Waals surface area contributed by atoms with Gasteiger partial charge in [0.15, 0.2) is 0 Å². The summed E-state index contributed by atoms with van der Waals surface area (Å²) in [5.74, 6) is -0.0607. The molecule has 0 spiro atoms. The summed E-state index contributed by atoms with van der Waals surface area (Å²) in [6, 6.07) is 5.78. The largest absolute Gasteiger partial charge is 0.309 e. The number of halogens is 1. The van der Waals surface area contributed by atoms with Crippen molar-refractivity contribution in [3.8, 4) is 0 Å². The van der Waals surface area contributed by atoms with E-state index >= 15 is 0 Å². The maximum absolute atomic E-state index is 13.8. The van der Waals surface area contributed by atoms with Crippen LogP contribution in [0.15, 0.2) is 23.1 Å². The third-order valence-electron chi connectivity index (χ3n) is 3.16. The van der Waals surface area contributed by atoms with E-state index in [1.807, 2.05) is 6.07 Å². The van der Waals surface area contributed by atoms with E-state index in [0.717, 1.165) is 36.3 Å². The second-order valence-electron chi connectivity index (χ2n) is 4.53. The first kappa shape index (κ1) is 12.9. The molecule has 0 amide bonds. The third-order valence-corrected chi connectivity index (χ3v) is 4.64. The molecule has 2 rings (SSSR count). The van der Waals surface area contributed by atoms with Crippen molar-refractivity contribution in [1.29, 1.82) is 0 Å². The summed E-state index contributed by atoms with van der Waals surface area (Å²) in [5.41, 5.74) is 1.15. The van der Waals surface area contributed by atoms with Crippen molar-refractivity contribution in [1.82, 2.24) is 5.32 Å². The Kier molecular flexibility index (Phi) is 4.46. The standard InChI is InChI=1S/C14H20FNS/c1-3-6-12-13(16-9-4-2)10-7-5-8-11(15)14(10)17-12/h5,7-8,12-13,16H,3-4,6,9H2,1-2H3. The van der Waals surface area contributed by atoms with Crippen molar-refractivity contribution in [2.75, 3.05) is 6.54 Å². The number of rotatable bonds is 5. The molecule has 1 aromatic rings. The SMILES string of the molecule is CCCNC1c2cccc(F)c2SC1CCC. The fourth-order valence-electron chi connectivity index (χ4n) is 2.37. The zero-order valence-electron chi connectivity index (χ0n) is 10.5. The molecule has 0 aromatic heterocycles. The molecule has 2 unspecified atom stereocenters. The van der Waals surface area contributed by atoms with E-state index in [1.54, 1.807) is 17.8 Å². The molecule has 2 atom stereocenters. The number of nitrogens with one attached hydrogen (secondary N) is 1. The van der Waals surface area contributed by atoms with Gasteiger partial charge in [0, 0.05) is 16.2 Å². The molecule has 0 fully saturated rings. The molecule has 0 saturated carbocycles. The fourth-order valence-corrected chi connectivity index (χ4v) is 3.91. The Balaban J connectivity index is 2.23. The van der Waals surface area contributed by atoms with Gasteiger partial charge in [-0.05, 0) is 31.0 Å². The van der Waals surface area contributed by atoms with Crippen molar-refractivity contribution in [3.63, 3.8) is 0 Å². The minimum atomic E-state index is -0.0607. The van der Waals surface area contributed by atoms with Crippen LogP contribution in [0.2, 0.25) is 0 Å². The van der Waals surface area contributed by atoms with Crippen molar-refractivity contribution in [3.05, 3.63) is 29.6 Å². The zero-order chi connectivity index (χ0) is 12.3. The minimum absolute atomic E-state index is 0.0607. The minimum Gasteiger partial charge on any atom is -0.309 e. The molecular weight excluding hydrogens is 233 g/mol. The van der Waals surface area contributed by atoms with Gasteiger partial charge in [0.05, 0.1) is 0 Å². The summed E-state index contributed by atoms with van der Waals surface area (Å²) in [6.07, 6.45) is 3.41. The van der Waals surface area contributed by atoms with Crippen LogP contribution in [-0.2, 0) is 0 Å². The normalized spacial score (nSPS) is 22.8. The number of fused-ring (bicyclic) bond motifs is 1. The molecule has 0 aliphatic carbocycles. The van der Waals surface area contributed by atoms with Gasteiger partial charge in [0.25, 0.3) is 0 Å². The van der Waals surface area contributed by atoms with Crippen LogP contribution in [0.1, 0.15) is 44.7 Å². The Hall–Kier alpha value is -0.540. The molecule has 1 heterocycles. The number of hydrogen-bond acceptors (Lipinski definition) is 2. The van der Waals surface area contributed by atoms with E-state index in [2.05, 4.69) is 25.2 Å². The van der Waals surface area contributed by atoms with Crippen LogP contribution in [0.3, 0.4) is 0 Å². The lowest BCUT2D eigenvalue weighted by atomic mass is 10.0. The van der Waals surface area contributed by atoms with Gasteiger partial charge in [-0.3, -0.25) is 0 Å². The van der Waals surface area contributed by atoms with Crippen molar-refractivity contribution < 1.29 is 4.39 Å². The lowest BCUT2D eigenvalue weighted by Crippen LogP contribution is -2.27. The average Bonchev–Trinajstić information content (AvgIpc) is 2.67. The monoisotopic (exact) mass is 253 g/mol. The van der Waals surface area contributed by atoms with Gasteiger partial charge < -0.3 is 5.32 Å². The smallest absolute Gasteiger partial charge is 0.137 e. The molecule has 94 valence electrons. The van der Waals surface area contributed by atoms with Crippen LogP contribution in [0.4, 0.5) is 4.39 Å². The van der Waals surface area contributed by atoms with Crippen molar-refractivity contribution >= 4 is 11.8 Å². The average molecular weight is 253 g/mol. The highest BCUT2D eigenvalue weighted by Crippen LogP contribution is 2.46. The van der Waals surface area contributed by atoms with Crippen molar-refractivity contribution in [2.24, 2.45) is 0 Å². The first-order valence-electron chi connectivity index (χ1n) is 6.46. The van der Waals surface area contributed by atoms with E-state index in [1.165, 1.54) is 0 Å². The summed E-state index contributed by atoms with van der Waals surface area (Å²) < 4.78 is 13.8. The molecule has 0 bridgehead atoms. The molecule has 17 heavy (non-hydrogen) atoms. The molecule has 3 heteroatoms. The lowest BCUT2D eigenvalue weighted by molar-refractivity contribution is 0.494. The van der Waals surface area contributed by atoms with Gasteiger partial charge in [-0.1, -0.05) is 32.4 Å². The quantitative estimate of drug-likeness (QED) is 0.846. The molecule has 1 aromatic carbocycles. The number of hydrogen-bond donors (Lipinski definition) is 1. The maximum atomic E-state index is 13.8.